The summed E-state index contributed by atoms with van der Waals surface area (Å²) in [5.74, 6) is 0.134. The number of hydrogen-bond donors (Lipinski definition) is 2. The molecule has 1 aromatic rings. The van der Waals surface area contributed by atoms with Gasteiger partial charge in [0.1, 0.15) is 5.69 Å². The zero-order valence-electron chi connectivity index (χ0n) is 9.49. The summed E-state index contributed by atoms with van der Waals surface area (Å²) in [6.07, 6.45) is -4.24. The molecule has 1 heterocycles. The molecule has 0 spiro atoms. The smallest absolute Gasteiger partial charge is 0.423 e. The molecule has 0 saturated heterocycles. The highest BCUT2D eigenvalue weighted by Gasteiger charge is 2.34. The Morgan fingerprint density at radius 3 is 2.29 bits per heavy atom. The van der Waals surface area contributed by atoms with Crippen LogP contribution in [0.4, 0.5) is 13.2 Å². The van der Waals surface area contributed by atoms with E-state index in [0.717, 1.165) is 0 Å². The minimum absolute atomic E-state index is 0.134. The number of hydrogen-bond acceptors (Lipinski definition) is 3. The van der Waals surface area contributed by atoms with Crippen LogP contribution in [-0.2, 0) is 12.6 Å². The third-order valence-corrected chi connectivity index (χ3v) is 2.11. The van der Waals surface area contributed by atoms with Crippen LogP contribution in [0, 0.1) is 5.92 Å². The number of aromatic nitrogens is 1. The molecule has 0 saturated carbocycles. The maximum Gasteiger partial charge on any atom is 0.488 e. The van der Waals surface area contributed by atoms with E-state index in [1.807, 2.05) is 13.8 Å². The summed E-state index contributed by atoms with van der Waals surface area (Å²) in [6, 6.07) is 1.92. The largest absolute Gasteiger partial charge is 0.488 e. The first kappa shape index (κ1) is 14.0. The van der Waals surface area contributed by atoms with Crippen LogP contribution in [-0.4, -0.2) is 22.2 Å². The Balaban J connectivity index is 3.19. The molecule has 94 valence electrons. The molecule has 0 atom stereocenters. The fourth-order valence-electron chi connectivity index (χ4n) is 1.43. The van der Waals surface area contributed by atoms with E-state index in [0.29, 0.717) is 12.5 Å². The average Bonchev–Trinajstić information content (AvgIpc) is 2.14. The van der Waals surface area contributed by atoms with E-state index < -0.39 is 19.0 Å². The van der Waals surface area contributed by atoms with Gasteiger partial charge in [0.15, 0.2) is 0 Å². The monoisotopic (exact) mass is 247 g/mol. The molecule has 1 aromatic heterocycles. The number of pyridine rings is 1. The van der Waals surface area contributed by atoms with Crippen molar-refractivity contribution in [2.45, 2.75) is 26.4 Å². The average molecular weight is 247 g/mol. The predicted octanol–water partition coefficient (Wildman–Crippen LogP) is 0.979. The predicted molar refractivity (Wildman–Crippen MR) is 57.6 cm³/mol. The van der Waals surface area contributed by atoms with E-state index >= 15 is 0 Å². The van der Waals surface area contributed by atoms with E-state index in [9.17, 15) is 13.2 Å². The number of nitrogens with zero attached hydrogens (tertiary/aromatic N) is 1. The van der Waals surface area contributed by atoms with Gasteiger partial charge in [-0.05, 0) is 29.9 Å². The zero-order valence-corrected chi connectivity index (χ0v) is 9.49. The molecule has 17 heavy (non-hydrogen) atoms. The molecule has 0 fully saturated rings. The lowest BCUT2D eigenvalue weighted by Crippen LogP contribution is -2.32. The van der Waals surface area contributed by atoms with Crippen LogP contribution in [0.25, 0.3) is 0 Å². The van der Waals surface area contributed by atoms with Crippen LogP contribution in [0.1, 0.15) is 25.2 Å². The first-order valence-electron chi connectivity index (χ1n) is 5.14. The number of halogens is 3. The van der Waals surface area contributed by atoms with Gasteiger partial charge in [-0.1, -0.05) is 13.8 Å². The molecule has 0 unspecified atom stereocenters. The van der Waals surface area contributed by atoms with E-state index in [1.165, 1.54) is 6.07 Å². The number of rotatable bonds is 3. The van der Waals surface area contributed by atoms with Crippen molar-refractivity contribution in [3.05, 3.63) is 23.5 Å². The Bertz CT molecular complexity index is 394. The SMILES string of the molecule is CC(C)Cc1cc(B(O)O)cc(C(F)(F)F)n1. The van der Waals surface area contributed by atoms with Gasteiger partial charge >= 0.3 is 13.3 Å². The number of alkyl halides is 3. The molecule has 0 aromatic carbocycles. The Hall–Kier alpha value is -1.08. The molecule has 0 amide bonds. The topological polar surface area (TPSA) is 53.4 Å². The minimum atomic E-state index is -4.59. The lowest BCUT2D eigenvalue weighted by Gasteiger charge is -2.12. The highest BCUT2D eigenvalue weighted by Crippen LogP contribution is 2.27. The van der Waals surface area contributed by atoms with Crippen LogP contribution < -0.4 is 5.46 Å². The summed E-state index contributed by atoms with van der Waals surface area (Å²) >= 11 is 0. The third kappa shape index (κ3) is 4.01. The van der Waals surface area contributed by atoms with Crippen molar-refractivity contribution in [3.8, 4) is 0 Å². The molecule has 0 bridgehead atoms. The molecule has 0 aliphatic rings. The Kier molecular flexibility index (Phi) is 4.16. The van der Waals surface area contributed by atoms with Gasteiger partial charge in [0.2, 0.25) is 0 Å². The first-order valence-corrected chi connectivity index (χ1v) is 5.14. The van der Waals surface area contributed by atoms with Crippen LogP contribution in [0.3, 0.4) is 0 Å². The van der Waals surface area contributed by atoms with Gasteiger partial charge in [0.05, 0.1) is 0 Å². The van der Waals surface area contributed by atoms with Gasteiger partial charge in [-0.25, -0.2) is 4.98 Å². The van der Waals surface area contributed by atoms with Gasteiger partial charge in [-0.3, -0.25) is 0 Å². The van der Waals surface area contributed by atoms with Crippen molar-refractivity contribution in [2.24, 2.45) is 5.92 Å². The molecule has 1 rings (SSSR count). The van der Waals surface area contributed by atoms with Gasteiger partial charge in [-0.2, -0.15) is 13.2 Å². The van der Waals surface area contributed by atoms with Gasteiger partial charge in [0, 0.05) is 5.69 Å². The maximum absolute atomic E-state index is 12.5. The van der Waals surface area contributed by atoms with E-state index in [2.05, 4.69) is 4.98 Å². The summed E-state index contributed by atoms with van der Waals surface area (Å²) < 4.78 is 37.6. The standard InChI is InChI=1S/C10H13BF3NO2/c1-6(2)3-8-4-7(11(16)17)5-9(15-8)10(12,13)14/h4-6,16-17H,3H2,1-2H3. The second-order valence-corrected chi connectivity index (χ2v) is 4.25. The molecule has 2 N–H and O–H groups in total. The molecule has 0 aliphatic carbocycles. The van der Waals surface area contributed by atoms with Crippen LogP contribution in [0.15, 0.2) is 12.1 Å². The summed E-state index contributed by atoms with van der Waals surface area (Å²) in [4.78, 5) is 3.48. The van der Waals surface area contributed by atoms with Crippen LogP contribution in [0.2, 0.25) is 0 Å². The quantitative estimate of drug-likeness (QED) is 0.783. The van der Waals surface area contributed by atoms with Crippen LogP contribution in [0.5, 0.6) is 0 Å². The van der Waals surface area contributed by atoms with Gasteiger partial charge in [-0.15, -0.1) is 0 Å². The van der Waals surface area contributed by atoms with Crippen molar-refractivity contribution in [1.29, 1.82) is 0 Å². The van der Waals surface area contributed by atoms with Gasteiger partial charge in [0.25, 0.3) is 0 Å². The highest BCUT2D eigenvalue weighted by atomic mass is 19.4. The second-order valence-electron chi connectivity index (χ2n) is 4.25. The van der Waals surface area contributed by atoms with Gasteiger partial charge < -0.3 is 10.0 Å². The minimum Gasteiger partial charge on any atom is -0.423 e. The van der Waals surface area contributed by atoms with Crippen molar-refractivity contribution < 1.29 is 23.2 Å². The highest BCUT2D eigenvalue weighted by molar-refractivity contribution is 6.58. The normalized spacial score (nSPS) is 12.0. The third-order valence-electron chi connectivity index (χ3n) is 2.11. The molecule has 0 radical (unpaired) electrons. The summed E-state index contributed by atoms with van der Waals surface area (Å²) in [5, 5.41) is 17.9. The summed E-state index contributed by atoms with van der Waals surface area (Å²) in [7, 11) is -1.93. The van der Waals surface area contributed by atoms with Crippen LogP contribution >= 0.6 is 0 Å². The second kappa shape index (κ2) is 5.06. The fraction of sp³-hybridized carbons (Fsp3) is 0.500. The van der Waals surface area contributed by atoms with E-state index in [1.54, 1.807) is 0 Å². The summed E-state index contributed by atoms with van der Waals surface area (Å²) in [6.45, 7) is 3.69. The van der Waals surface area contributed by atoms with E-state index in [-0.39, 0.29) is 17.1 Å². The van der Waals surface area contributed by atoms with E-state index in [4.69, 9.17) is 10.0 Å². The molecular formula is C10H13BF3NO2. The molecular weight excluding hydrogens is 234 g/mol. The molecule has 7 heteroatoms. The first-order chi connectivity index (χ1) is 7.70. The Labute approximate surface area is 97.5 Å². The van der Waals surface area contributed by atoms with Crippen molar-refractivity contribution in [1.82, 2.24) is 4.98 Å². The van der Waals surface area contributed by atoms with Crippen molar-refractivity contribution in [3.63, 3.8) is 0 Å². The lowest BCUT2D eigenvalue weighted by atomic mass is 9.79. The van der Waals surface area contributed by atoms with Crippen molar-refractivity contribution >= 4 is 12.6 Å². The van der Waals surface area contributed by atoms with Crippen molar-refractivity contribution in [2.75, 3.05) is 0 Å². The Morgan fingerprint density at radius 1 is 1.29 bits per heavy atom. The zero-order chi connectivity index (χ0) is 13.2. The Morgan fingerprint density at radius 2 is 1.88 bits per heavy atom. The maximum atomic E-state index is 12.5. The lowest BCUT2D eigenvalue weighted by molar-refractivity contribution is -0.141. The summed E-state index contributed by atoms with van der Waals surface area (Å²) in [5.41, 5.74) is -1.08. The molecule has 3 nitrogen and oxygen atoms in total. The molecule has 0 aliphatic heterocycles. The fourth-order valence-corrected chi connectivity index (χ4v) is 1.43.